The van der Waals surface area contributed by atoms with Crippen molar-refractivity contribution in [3.8, 4) is 0 Å². The van der Waals surface area contributed by atoms with Gasteiger partial charge in [0.1, 0.15) is 5.82 Å². The first-order valence-corrected chi connectivity index (χ1v) is 6.81. The van der Waals surface area contributed by atoms with E-state index < -0.39 is 0 Å². The van der Waals surface area contributed by atoms with E-state index in [1.165, 1.54) is 6.07 Å². The molecule has 0 heterocycles. The van der Waals surface area contributed by atoms with Crippen LogP contribution in [0.1, 0.15) is 11.1 Å². The number of nitrogens with zero attached hydrogens (tertiary/aromatic N) is 1. The van der Waals surface area contributed by atoms with Gasteiger partial charge in [-0.1, -0.05) is 24.3 Å². The van der Waals surface area contributed by atoms with Crippen LogP contribution in [0.4, 0.5) is 10.1 Å². The molecule has 2 rings (SSSR count). The van der Waals surface area contributed by atoms with Crippen molar-refractivity contribution in [2.45, 2.75) is 13.1 Å². The van der Waals surface area contributed by atoms with Crippen molar-refractivity contribution < 1.29 is 4.39 Å². The second kappa shape index (κ2) is 6.17. The molecule has 0 aromatic heterocycles. The average molecular weight is 323 g/mol. The highest BCUT2D eigenvalue weighted by Crippen LogP contribution is 2.19. The number of anilines is 1. The Hall–Kier alpha value is -1.39. The minimum Gasteiger partial charge on any atom is -0.398 e. The topological polar surface area (TPSA) is 29.3 Å². The molecule has 0 aliphatic heterocycles. The summed E-state index contributed by atoms with van der Waals surface area (Å²) in [5.41, 5.74) is 8.89. The third kappa shape index (κ3) is 3.78. The van der Waals surface area contributed by atoms with E-state index in [1.807, 2.05) is 31.3 Å². The Bertz CT molecular complexity index is 572. The molecule has 2 aromatic rings. The predicted molar refractivity (Wildman–Crippen MR) is 80.1 cm³/mol. The molecule has 0 unspecified atom stereocenters. The van der Waals surface area contributed by atoms with Crippen LogP contribution in [0.15, 0.2) is 46.9 Å². The molecule has 2 nitrogen and oxygen atoms in total. The summed E-state index contributed by atoms with van der Waals surface area (Å²) in [7, 11) is 2.02. The van der Waals surface area contributed by atoms with E-state index in [0.29, 0.717) is 4.47 Å². The highest BCUT2D eigenvalue weighted by molar-refractivity contribution is 9.10. The van der Waals surface area contributed by atoms with Gasteiger partial charge < -0.3 is 5.73 Å². The molecule has 2 aromatic carbocycles. The van der Waals surface area contributed by atoms with Crippen LogP contribution < -0.4 is 5.73 Å². The summed E-state index contributed by atoms with van der Waals surface area (Å²) >= 11 is 3.20. The van der Waals surface area contributed by atoms with Gasteiger partial charge in [-0.3, -0.25) is 4.90 Å². The molecule has 0 aliphatic carbocycles. The minimum absolute atomic E-state index is 0.237. The van der Waals surface area contributed by atoms with Gasteiger partial charge in [0.25, 0.3) is 0 Å². The van der Waals surface area contributed by atoms with Crippen LogP contribution >= 0.6 is 15.9 Å². The number of hydrogen-bond donors (Lipinski definition) is 1. The Balaban J connectivity index is 2.03. The maximum absolute atomic E-state index is 13.2. The highest BCUT2D eigenvalue weighted by atomic mass is 79.9. The van der Waals surface area contributed by atoms with Crippen LogP contribution in [0.25, 0.3) is 0 Å². The molecule has 0 saturated carbocycles. The van der Waals surface area contributed by atoms with Crippen LogP contribution in [-0.4, -0.2) is 11.9 Å². The van der Waals surface area contributed by atoms with Gasteiger partial charge in [-0.25, -0.2) is 4.39 Å². The molecule has 0 radical (unpaired) electrons. The fourth-order valence-corrected chi connectivity index (χ4v) is 2.40. The van der Waals surface area contributed by atoms with E-state index in [1.54, 1.807) is 12.1 Å². The Morgan fingerprint density at radius 3 is 2.58 bits per heavy atom. The van der Waals surface area contributed by atoms with E-state index in [0.717, 1.165) is 29.9 Å². The molecule has 0 fully saturated rings. The SMILES string of the molecule is CN(Cc1ccc(F)c(Br)c1)Cc1ccccc1N. The third-order valence-corrected chi connectivity index (χ3v) is 3.54. The monoisotopic (exact) mass is 322 g/mol. The number of hydrogen-bond acceptors (Lipinski definition) is 2. The van der Waals surface area contributed by atoms with Crippen molar-refractivity contribution in [1.82, 2.24) is 4.90 Å². The zero-order valence-corrected chi connectivity index (χ0v) is 12.3. The molecule has 100 valence electrons. The van der Waals surface area contributed by atoms with Crippen LogP contribution in [-0.2, 0) is 13.1 Å². The van der Waals surface area contributed by atoms with Gasteiger partial charge in [0, 0.05) is 18.8 Å². The van der Waals surface area contributed by atoms with Gasteiger partial charge in [-0.2, -0.15) is 0 Å². The molecule has 0 saturated heterocycles. The Kier molecular flexibility index (Phi) is 4.56. The van der Waals surface area contributed by atoms with E-state index in [9.17, 15) is 4.39 Å². The van der Waals surface area contributed by atoms with Gasteiger partial charge in [-0.15, -0.1) is 0 Å². The van der Waals surface area contributed by atoms with Crippen molar-refractivity contribution in [2.24, 2.45) is 0 Å². The first-order valence-electron chi connectivity index (χ1n) is 6.02. The maximum atomic E-state index is 13.2. The predicted octanol–water partition coefficient (Wildman–Crippen LogP) is 3.80. The first-order chi connectivity index (χ1) is 9.06. The van der Waals surface area contributed by atoms with Crippen molar-refractivity contribution >= 4 is 21.6 Å². The molecule has 2 N–H and O–H groups in total. The maximum Gasteiger partial charge on any atom is 0.137 e. The number of para-hydroxylation sites is 1. The summed E-state index contributed by atoms with van der Waals surface area (Å²) in [5, 5.41) is 0. The molecular formula is C15H16BrFN2. The summed E-state index contributed by atoms with van der Waals surface area (Å²) in [6, 6.07) is 12.9. The van der Waals surface area contributed by atoms with E-state index in [2.05, 4.69) is 20.8 Å². The Morgan fingerprint density at radius 1 is 1.16 bits per heavy atom. The minimum atomic E-state index is -0.237. The van der Waals surface area contributed by atoms with Gasteiger partial charge in [0.15, 0.2) is 0 Å². The summed E-state index contributed by atoms with van der Waals surface area (Å²) in [6.07, 6.45) is 0. The second-order valence-electron chi connectivity index (χ2n) is 4.62. The van der Waals surface area contributed by atoms with Gasteiger partial charge in [0.05, 0.1) is 4.47 Å². The first kappa shape index (κ1) is 14.0. The molecule has 0 spiro atoms. The standard InChI is InChI=1S/C15H16BrFN2/c1-19(10-12-4-2-3-5-15(12)18)9-11-6-7-14(17)13(16)8-11/h2-8H,9-10,18H2,1H3. The summed E-state index contributed by atoms with van der Waals surface area (Å²) < 4.78 is 13.7. The molecule has 0 bridgehead atoms. The Morgan fingerprint density at radius 2 is 1.89 bits per heavy atom. The number of nitrogens with two attached hydrogens (primary N) is 1. The molecule has 4 heteroatoms. The normalized spacial score (nSPS) is 10.9. The van der Waals surface area contributed by atoms with Crippen molar-refractivity contribution in [3.63, 3.8) is 0 Å². The molecule has 0 amide bonds. The molecule has 0 atom stereocenters. The van der Waals surface area contributed by atoms with Gasteiger partial charge in [-0.05, 0) is 52.3 Å². The van der Waals surface area contributed by atoms with Crippen LogP contribution in [0.5, 0.6) is 0 Å². The zero-order valence-electron chi connectivity index (χ0n) is 10.7. The fraction of sp³-hybridized carbons (Fsp3) is 0.200. The quantitative estimate of drug-likeness (QED) is 0.867. The third-order valence-electron chi connectivity index (χ3n) is 2.93. The van der Waals surface area contributed by atoms with Crippen LogP contribution in [0, 0.1) is 5.82 Å². The van der Waals surface area contributed by atoms with E-state index in [4.69, 9.17) is 5.73 Å². The zero-order chi connectivity index (χ0) is 13.8. The lowest BCUT2D eigenvalue weighted by atomic mass is 10.1. The average Bonchev–Trinajstić information content (AvgIpc) is 2.37. The Labute approximate surface area is 121 Å². The lowest BCUT2D eigenvalue weighted by molar-refractivity contribution is 0.319. The lowest BCUT2D eigenvalue weighted by Crippen LogP contribution is -2.18. The highest BCUT2D eigenvalue weighted by Gasteiger charge is 2.06. The van der Waals surface area contributed by atoms with Crippen molar-refractivity contribution in [3.05, 3.63) is 63.9 Å². The number of nitrogen functional groups attached to an aromatic ring is 1. The smallest absolute Gasteiger partial charge is 0.137 e. The number of halogens is 2. The fourth-order valence-electron chi connectivity index (χ4n) is 1.97. The lowest BCUT2D eigenvalue weighted by Gasteiger charge is -2.18. The largest absolute Gasteiger partial charge is 0.398 e. The van der Waals surface area contributed by atoms with Gasteiger partial charge >= 0.3 is 0 Å². The van der Waals surface area contributed by atoms with Crippen molar-refractivity contribution in [1.29, 1.82) is 0 Å². The van der Waals surface area contributed by atoms with Crippen molar-refractivity contribution in [2.75, 3.05) is 12.8 Å². The summed E-state index contributed by atoms with van der Waals surface area (Å²) in [5.74, 6) is -0.237. The second-order valence-corrected chi connectivity index (χ2v) is 5.47. The van der Waals surface area contributed by atoms with Crippen LogP contribution in [0.2, 0.25) is 0 Å². The summed E-state index contributed by atoms with van der Waals surface area (Å²) in [4.78, 5) is 2.14. The number of benzene rings is 2. The molecule has 0 aliphatic rings. The van der Waals surface area contributed by atoms with E-state index >= 15 is 0 Å². The van der Waals surface area contributed by atoms with E-state index in [-0.39, 0.29) is 5.82 Å². The molecule has 19 heavy (non-hydrogen) atoms. The molecular weight excluding hydrogens is 307 g/mol. The van der Waals surface area contributed by atoms with Crippen LogP contribution in [0.3, 0.4) is 0 Å². The van der Waals surface area contributed by atoms with Gasteiger partial charge in [0.2, 0.25) is 0 Å². The summed E-state index contributed by atoms with van der Waals surface area (Å²) in [6.45, 7) is 1.51. The number of rotatable bonds is 4.